The van der Waals surface area contributed by atoms with Gasteiger partial charge in [-0.2, -0.15) is 0 Å². The lowest BCUT2D eigenvalue weighted by Gasteiger charge is -2.14. The number of hydrogen-bond acceptors (Lipinski definition) is 6. The summed E-state index contributed by atoms with van der Waals surface area (Å²) in [5, 5.41) is 13.7. The third-order valence-electron chi connectivity index (χ3n) is 5.23. The Bertz CT molecular complexity index is 1410. The molecule has 0 aliphatic rings. The smallest absolute Gasteiger partial charge is 0.259 e. The Kier molecular flexibility index (Phi) is 6.17. The number of amides is 1. The van der Waals surface area contributed by atoms with Gasteiger partial charge < -0.3 is 14.6 Å². The highest BCUT2D eigenvalue weighted by atomic mass is 32.2. The van der Waals surface area contributed by atoms with E-state index in [1.807, 2.05) is 44.2 Å². The van der Waals surface area contributed by atoms with Crippen molar-refractivity contribution in [2.75, 3.05) is 5.32 Å². The van der Waals surface area contributed by atoms with E-state index in [-0.39, 0.29) is 18.3 Å². The van der Waals surface area contributed by atoms with Gasteiger partial charge in [0.25, 0.3) is 5.91 Å². The molecule has 170 valence electrons. The predicted molar refractivity (Wildman–Crippen MR) is 125 cm³/mol. The van der Waals surface area contributed by atoms with Gasteiger partial charge in [0.15, 0.2) is 0 Å². The number of anilines is 1. The van der Waals surface area contributed by atoms with E-state index in [2.05, 4.69) is 10.5 Å². The second-order valence-corrected chi connectivity index (χ2v) is 9.36. The summed E-state index contributed by atoms with van der Waals surface area (Å²) < 4.78 is 33.8. The number of fused-ring (bicyclic) bond motifs is 1. The quantitative estimate of drug-likeness (QED) is 0.424. The molecule has 0 aliphatic carbocycles. The molecule has 3 aromatic carbocycles. The van der Waals surface area contributed by atoms with Crippen LogP contribution in [0.15, 0.2) is 65.2 Å². The average molecular weight is 466 g/mol. The molecule has 1 aromatic heterocycles. The molecule has 0 fully saturated rings. The van der Waals surface area contributed by atoms with Gasteiger partial charge in [-0.05, 0) is 54.4 Å². The molecule has 0 saturated carbocycles. The van der Waals surface area contributed by atoms with Crippen molar-refractivity contribution >= 4 is 32.4 Å². The lowest BCUT2D eigenvalue weighted by molar-refractivity contribution is 0.102. The zero-order valence-electron chi connectivity index (χ0n) is 18.2. The summed E-state index contributed by atoms with van der Waals surface area (Å²) >= 11 is 0. The van der Waals surface area contributed by atoms with Gasteiger partial charge >= 0.3 is 0 Å². The predicted octanol–water partition coefficient (Wildman–Crippen LogP) is 4.06. The Morgan fingerprint density at radius 2 is 1.73 bits per heavy atom. The number of hydrogen-bond donors (Lipinski definition) is 2. The summed E-state index contributed by atoms with van der Waals surface area (Å²) in [4.78, 5) is 13.1. The van der Waals surface area contributed by atoms with Gasteiger partial charge in [-0.1, -0.05) is 41.6 Å². The van der Waals surface area contributed by atoms with E-state index in [0.717, 1.165) is 22.0 Å². The van der Waals surface area contributed by atoms with Crippen LogP contribution < -0.4 is 15.2 Å². The Morgan fingerprint density at radius 3 is 2.33 bits per heavy atom. The van der Waals surface area contributed by atoms with Crippen LogP contribution in [0.4, 0.5) is 5.69 Å². The van der Waals surface area contributed by atoms with Gasteiger partial charge in [-0.3, -0.25) is 4.79 Å². The van der Waals surface area contributed by atoms with Crippen LogP contribution in [0.5, 0.6) is 5.75 Å². The van der Waals surface area contributed by atoms with Gasteiger partial charge in [-0.15, -0.1) is 0 Å². The van der Waals surface area contributed by atoms with E-state index in [4.69, 9.17) is 14.4 Å². The number of benzene rings is 3. The lowest BCUT2D eigenvalue weighted by atomic mass is 10.0. The number of nitrogens with zero attached hydrogens (tertiary/aromatic N) is 1. The molecule has 9 heteroatoms. The maximum absolute atomic E-state index is 13.1. The molecule has 0 bridgehead atoms. The number of sulfonamides is 1. The summed E-state index contributed by atoms with van der Waals surface area (Å²) in [6.45, 7) is 3.86. The number of aromatic nitrogens is 1. The van der Waals surface area contributed by atoms with Crippen molar-refractivity contribution in [2.45, 2.75) is 26.2 Å². The average Bonchev–Trinajstić information content (AvgIpc) is 3.09. The normalized spacial score (nSPS) is 11.5. The number of ether oxygens (including phenoxy) is 1. The van der Waals surface area contributed by atoms with E-state index >= 15 is 0 Å². The van der Waals surface area contributed by atoms with Crippen LogP contribution in [0, 0.1) is 13.8 Å². The molecule has 0 atom stereocenters. The SMILES string of the molecule is Cc1noc(C)c1COc1cc2ccccc2cc1C(=O)Nc1ccc(CS(N)(=O)=O)cc1. The number of nitrogens with one attached hydrogen (secondary N) is 1. The van der Waals surface area contributed by atoms with Crippen LogP contribution in [0.3, 0.4) is 0 Å². The van der Waals surface area contributed by atoms with Crippen LogP contribution >= 0.6 is 0 Å². The molecule has 0 radical (unpaired) electrons. The van der Waals surface area contributed by atoms with Gasteiger partial charge in [0.05, 0.1) is 22.6 Å². The standard InChI is InChI=1S/C24H23N3O5S/c1-15-22(16(2)32-27-15)13-31-23-12-19-6-4-3-5-18(19)11-21(23)24(28)26-20-9-7-17(8-10-20)14-33(25,29)30/h3-12H,13-14H2,1-2H3,(H,26,28)(H2,25,29,30). The number of carbonyl (C=O) groups is 1. The molecule has 0 unspecified atom stereocenters. The van der Waals surface area contributed by atoms with Gasteiger partial charge in [0, 0.05) is 5.69 Å². The van der Waals surface area contributed by atoms with Crippen molar-refractivity contribution in [3.63, 3.8) is 0 Å². The molecule has 1 amide bonds. The Hall–Kier alpha value is -3.69. The third kappa shape index (κ3) is 5.39. The number of carbonyl (C=O) groups excluding carboxylic acids is 1. The second-order valence-electron chi connectivity index (χ2n) is 7.75. The fourth-order valence-electron chi connectivity index (χ4n) is 3.49. The number of nitrogens with two attached hydrogens (primary N) is 1. The monoisotopic (exact) mass is 465 g/mol. The number of aryl methyl sites for hydroxylation is 2. The summed E-state index contributed by atoms with van der Waals surface area (Å²) in [5.74, 6) is 0.468. The number of rotatable bonds is 7. The first kappa shape index (κ1) is 22.5. The molecule has 0 saturated heterocycles. The molecular formula is C24H23N3O5S. The lowest BCUT2D eigenvalue weighted by Crippen LogP contribution is -2.15. The minimum Gasteiger partial charge on any atom is -0.488 e. The molecule has 0 aliphatic heterocycles. The minimum absolute atomic E-state index is 0.210. The zero-order chi connectivity index (χ0) is 23.6. The summed E-state index contributed by atoms with van der Waals surface area (Å²) in [6.07, 6.45) is 0. The second kappa shape index (κ2) is 9.05. The van der Waals surface area contributed by atoms with E-state index in [0.29, 0.717) is 28.3 Å². The topological polar surface area (TPSA) is 125 Å². The molecule has 4 rings (SSSR count). The van der Waals surface area contributed by atoms with E-state index in [1.54, 1.807) is 30.3 Å². The Balaban J connectivity index is 1.61. The van der Waals surface area contributed by atoms with Crippen LogP contribution in [0.2, 0.25) is 0 Å². The largest absolute Gasteiger partial charge is 0.488 e. The highest BCUT2D eigenvalue weighted by Crippen LogP contribution is 2.28. The van der Waals surface area contributed by atoms with Gasteiger partial charge in [0.1, 0.15) is 18.1 Å². The summed E-state index contributed by atoms with van der Waals surface area (Å²) in [5.41, 5.74) is 2.99. The Labute approximate surface area is 191 Å². The molecule has 0 spiro atoms. The number of primary sulfonamides is 1. The highest BCUT2D eigenvalue weighted by molar-refractivity contribution is 7.88. The molecule has 3 N–H and O–H groups in total. The van der Waals surface area contributed by atoms with Crippen molar-refractivity contribution in [1.82, 2.24) is 5.16 Å². The van der Waals surface area contributed by atoms with E-state index in [1.165, 1.54) is 0 Å². The third-order valence-corrected chi connectivity index (χ3v) is 5.96. The van der Waals surface area contributed by atoms with E-state index in [9.17, 15) is 13.2 Å². The van der Waals surface area contributed by atoms with Crippen molar-refractivity contribution in [3.8, 4) is 5.75 Å². The Morgan fingerprint density at radius 1 is 1.06 bits per heavy atom. The van der Waals surface area contributed by atoms with Crippen molar-refractivity contribution in [3.05, 3.63) is 88.8 Å². The van der Waals surface area contributed by atoms with Crippen LogP contribution in [0.25, 0.3) is 10.8 Å². The molecule has 8 nitrogen and oxygen atoms in total. The summed E-state index contributed by atoms with van der Waals surface area (Å²) in [6, 6.07) is 17.8. The van der Waals surface area contributed by atoms with Crippen LogP contribution in [0.1, 0.15) is 32.9 Å². The zero-order valence-corrected chi connectivity index (χ0v) is 19.0. The molecular weight excluding hydrogens is 442 g/mol. The van der Waals surface area contributed by atoms with Gasteiger partial charge in [0.2, 0.25) is 10.0 Å². The fraction of sp³-hybridized carbons (Fsp3) is 0.167. The summed E-state index contributed by atoms with van der Waals surface area (Å²) in [7, 11) is -3.63. The first-order valence-electron chi connectivity index (χ1n) is 10.2. The van der Waals surface area contributed by atoms with Crippen molar-refractivity contribution in [2.24, 2.45) is 5.14 Å². The van der Waals surface area contributed by atoms with E-state index < -0.39 is 10.0 Å². The first-order chi connectivity index (χ1) is 15.7. The van der Waals surface area contributed by atoms with Crippen molar-refractivity contribution in [1.29, 1.82) is 0 Å². The minimum atomic E-state index is -3.63. The molecule has 33 heavy (non-hydrogen) atoms. The fourth-order valence-corrected chi connectivity index (χ4v) is 4.15. The maximum atomic E-state index is 13.1. The first-order valence-corrected chi connectivity index (χ1v) is 11.9. The van der Waals surface area contributed by atoms with Crippen LogP contribution in [-0.4, -0.2) is 19.5 Å². The molecule has 1 heterocycles. The van der Waals surface area contributed by atoms with Crippen molar-refractivity contribution < 1.29 is 22.5 Å². The maximum Gasteiger partial charge on any atom is 0.259 e. The molecule has 4 aromatic rings. The van der Waals surface area contributed by atoms with Crippen LogP contribution in [-0.2, 0) is 22.4 Å². The highest BCUT2D eigenvalue weighted by Gasteiger charge is 2.17. The van der Waals surface area contributed by atoms with Gasteiger partial charge in [-0.25, -0.2) is 13.6 Å².